The molecule has 0 bridgehead atoms. The van der Waals surface area contributed by atoms with Gasteiger partial charge in [0.05, 0.1) is 0 Å². The minimum atomic E-state index is -0.548. The fourth-order valence-corrected chi connectivity index (χ4v) is 3.66. The highest BCUT2D eigenvalue weighted by Gasteiger charge is 2.27. The number of hydrogen-bond acceptors (Lipinski definition) is 3. The van der Waals surface area contributed by atoms with E-state index in [0.29, 0.717) is 25.6 Å². The number of amides is 1. The molecule has 2 aromatic carbocycles. The van der Waals surface area contributed by atoms with Crippen molar-refractivity contribution < 1.29 is 13.6 Å². The van der Waals surface area contributed by atoms with Crippen LogP contribution in [0, 0.1) is 17.6 Å². The number of benzene rings is 2. The van der Waals surface area contributed by atoms with Gasteiger partial charge in [-0.05, 0) is 42.7 Å². The summed E-state index contributed by atoms with van der Waals surface area (Å²) in [6.45, 7) is 5.45. The molecular formula is C24H32F2IN5O. The second-order valence-corrected chi connectivity index (χ2v) is 8.07. The number of rotatable bonds is 7. The predicted octanol–water partition coefficient (Wildman–Crippen LogP) is 4.51. The van der Waals surface area contributed by atoms with Gasteiger partial charge in [0.1, 0.15) is 17.3 Å². The van der Waals surface area contributed by atoms with Crippen molar-refractivity contribution in [1.82, 2.24) is 10.6 Å². The number of carbonyl (C=O) groups is 1. The van der Waals surface area contributed by atoms with E-state index in [4.69, 9.17) is 0 Å². The van der Waals surface area contributed by atoms with Crippen LogP contribution < -0.4 is 20.9 Å². The molecule has 1 saturated heterocycles. The molecule has 2 atom stereocenters. The molecule has 0 aromatic heterocycles. The molecule has 0 spiro atoms. The third kappa shape index (κ3) is 7.28. The summed E-state index contributed by atoms with van der Waals surface area (Å²) in [6, 6.07) is 11.6. The minimum absolute atomic E-state index is 0. The number of anilines is 2. The van der Waals surface area contributed by atoms with Crippen LogP contribution in [-0.4, -0.2) is 38.0 Å². The quantitative estimate of drug-likeness (QED) is 0.260. The molecule has 180 valence electrons. The fraction of sp³-hybridized carbons (Fsp3) is 0.417. The summed E-state index contributed by atoms with van der Waals surface area (Å²) in [5.74, 6) is -0.516. The molecule has 3 N–H and O–H groups in total. The standard InChI is InChI=1S/C24H31F2N5O.HI/c1-4-16(2)23(32)29-18-8-5-7-17(13-18)14-28-24(27-3)30-19-11-12-31(15-19)22-20(25)9-6-10-21(22)26;/h5-10,13,16,19H,4,11-12,14-15H2,1-3H3,(H,29,32)(H2,27,28,30);1H. The summed E-state index contributed by atoms with van der Waals surface area (Å²) >= 11 is 0. The van der Waals surface area contributed by atoms with Gasteiger partial charge < -0.3 is 20.9 Å². The highest BCUT2D eigenvalue weighted by Crippen LogP contribution is 2.26. The first-order valence-corrected chi connectivity index (χ1v) is 11.0. The smallest absolute Gasteiger partial charge is 0.227 e. The van der Waals surface area contributed by atoms with Crippen molar-refractivity contribution >= 4 is 47.2 Å². The van der Waals surface area contributed by atoms with E-state index in [1.807, 2.05) is 38.1 Å². The molecule has 33 heavy (non-hydrogen) atoms. The van der Waals surface area contributed by atoms with E-state index in [-0.39, 0.29) is 47.5 Å². The van der Waals surface area contributed by atoms with E-state index in [1.165, 1.54) is 18.2 Å². The Labute approximate surface area is 211 Å². The molecule has 1 heterocycles. The molecule has 2 aromatic rings. The van der Waals surface area contributed by atoms with Crippen LogP contribution >= 0.6 is 24.0 Å². The van der Waals surface area contributed by atoms with Crippen LogP contribution in [0.1, 0.15) is 32.3 Å². The molecule has 0 aliphatic carbocycles. The largest absolute Gasteiger partial charge is 0.365 e. The summed E-state index contributed by atoms with van der Waals surface area (Å²) in [5.41, 5.74) is 1.78. The Balaban J connectivity index is 0.00000385. The van der Waals surface area contributed by atoms with Gasteiger partial charge in [-0.1, -0.05) is 32.0 Å². The predicted molar refractivity (Wildman–Crippen MR) is 140 cm³/mol. The normalized spacial score (nSPS) is 16.7. The van der Waals surface area contributed by atoms with Crippen molar-refractivity contribution in [3.8, 4) is 0 Å². The highest BCUT2D eigenvalue weighted by molar-refractivity contribution is 14.0. The number of para-hydroxylation sites is 1. The first-order chi connectivity index (χ1) is 15.4. The average Bonchev–Trinajstić information content (AvgIpc) is 3.24. The van der Waals surface area contributed by atoms with Gasteiger partial charge in [0.2, 0.25) is 5.91 Å². The first-order valence-electron chi connectivity index (χ1n) is 11.0. The van der Waals surface area contributed by atoms with Crippen molar-refractivity contribution in [2.45, 2.75) is 39.3 Å². The Morgan fingerprint density at radius 3 is 2.58 bits per heavy atom. The molecular weight excluding hydrogens is 539 g/mol. The maximum absolute atomic E-state index is 14.1. The minimum Gasteiger partial charge on any atom is -0.365 e. The monoisotopic (exact) mass is 571 g/mol. The van der Waals surface area contributed by atoms with Gasteiger partial charge in [0.25, 0.3) is 0 Å². The molecule has 1 aliphatic heterocycles. The molecule has 9 heteroatoms. The van der Waals surface area contributed by atoms with E-state index in [1.54, 1.807) is 11.9 Å². The van der Waals surface area contributed by atoms with Crippen LogP contribution in [0.2, 0.25) is 0 Å². The molecule has 6 nitrogen and oxygen atoms in total. The maximum Gasteiger partial charge on any atom is 0.227 e. The Morgan fingerprint density at radius 1 is 1.21 bits per heavy atom. The van der Waals surface area contributed by atoms with Gasteiger partial charge in [-0.2, -0.15) is 0 Å². The van der Waals surface area contributed by atoms with Crippen molar-refractivity contribution in [2.24, 2.45) is 10.9 Å². The number of nitrogens with one attached hydrogen (secondary N) is 3. The van der Waals surface area contributed by atoms with Gasteiger partial charge in [-0.15, -0.1) is 24.0 Å². The molecule has 3 rings (SSSR count). The third-order valence-corrected chi connectivity index (χ3v) is 5.72. The summed E-state index contributed by atoms with van der Waals surface area (Å²) in [6.07, 6.45) is 1.53. The van der Waals surface area contributed by atoms with Crippen molar-refractivity contribution in [1.29, 1.82) is 0 Å². The second kappa shape index (κ2) is 12.7. The number of hydrogen-bond donors (Lipinski definition) is 3. The zero-order valence-electron chi connectivity index (χ0n) is 19.2. The van der Waals surface area contributed by atoms with E-state index in [9.17, 15) is 13.6 Å². The van der Waals surface area contributed by atoms with Gasteiger partial charge >= 0.3 is 0 Å². The first kappa shape index (κ1) is 26.8. The maximum atomic E-state index is 14.1. The molecule has 0 saturated carbocycles. The zero-order valence-corrected chi connectivity index (χ0v) is 21.5. The summed E-state index contributed by atoms with van der Waals surface area (Å²) in [5, 5.41) is 9.53. The van der Waals surface area contributed by atoms with Gasteiger partial charge in [-0.25, -0.2) is 8.78 Å². The van der Waals surface area contributed by atoms with Crippen LogP contribution in [0.3, 0.4) is 0 Å². The van der Waals surface area contributed by atoms with Crippen LogP contribution in [0.4, 0.5) is 20.2 Å². The lowest BCUT2D eigenvalue weighted by Crippen LogP contribution is -2.44. The number of guanidine groups is 1. The third-order valence-electron chi connectivity index (χ3n) is 5.72. The molecule has 2 unspecified atom stereocenters. The Hall–Kier alpha value is -2.43. The Morgan fingerprint density at radius 2 is 1.91 bits per heavy atom. The van der Waals surface area contributed by atoms with Crippen molar-refractivity contribution in [3.63, 3.8) is 0 Å². The number of carbonyl (C=O) groups excluding carboxylic acids is 1. The van der Waals surface area contributed by atoms with E-state index in [0.717, 1.165) is 24.1 Å². The lowest BCUT2D eigenvalue weighted by molar-refractivity contribution is -0.119. The van der Waals surface area contributed by atoms with Crippen LogP contribution in [0.15, 0.2) is 47.5 Å². The van der Waals surface area contributed by atoms with E-state index < -0.39 is 11.6 Å². The zero-order chi connectivity index (χ0) is 23.1. The van der Waals surface area contributed by atoms with Crippen LogP contribution in [-0.2, 0) is 11.3 Å². The SMILES string of the molecule is CCC(C)C(=O)Nc1cccc(CNC(=NC)NC2CCN(c3c(F)cccc3F)C2)c1.I. The van der Waals surface area contributed by atoms with Gasteiger partial charge in [0, 0.05) is 44.3 Å². The lowest BCUT2D eigenvalue weighted by Gasteiger charge is -2.21. The second-order valence-electron chi connectivity index (χ2n) is 8.07. The Kier molecular flexibility index (Phi) is 10.3. The van der Waals surface area contributed by atoms with Gasteiger partial charge in [-0.3, -0.25) is 9.79 Å². The number of aliphatic imine (C=N–C) groups is 1. The number of nitrogens with zero attached hydrogens (tertiary/aromatic N) is 2. The van der Waals surface area contributed by atoms with Crippen molar-refractivity contribution in [2.75, 3.05) is 30.4 Å². The van der Waals surface area contributed by atoms with Crippen LogP contribution in [0.5, 0.6) is 0 Å². The highest BCUT2D eigenvalue weighted by atomic mass is 127. The summed E-state index contributed by atoms with van der Waals surface area (Å²) in [7, 11) is 1.68. The molecule has 1 aliphatic rings. The van der Waals surface area contributed by atoms with E-state index in [2.05, 4.69) is 20.9 Å². The van der Waals surface area contributed by atoms with Gasteiger partial charge in [0.15, 0.2) is 5.96 Å². The fourth-order valence-electron chi connectivity index (χ4n) is 3.66. The molecule has 0 radical (unpaired) electrons. The van der Waals surface area contributed by atoms with Crippen molar-refractivity contribution in [3.05, 3.63) is 59.7 Å². The van der Waals surface area contributed by atoms with E-state index >= 15 is 0 Å². The van der Waals surface area contributed by atoms with Crippen LogP contribution in [0.25, 0.3) is 0 Å². The lowest BCUT2D eigenvalue weighted by atomic mass is 10.1. The molecule has 1 amide bonds. The topological polar surface area (TPSA) is 68.8 Å². The molecule has 1 fully saturated rings. The average molecular weight is 571 g/mol. The summed E-state index contributed by atoms with van der Waals surface area (Å²) < 4.78 is 28.2. The Bertz CT molecular complexity index is 951. The number of halogens is 3. The summed E-state index contributed by atoms with van der Waals surface area (Å²) in [4.78, 5) is 18.1.